The standard InChI is InChI=1S/C14H19NO2/c16-13-9-5-4-8-12(13)14(17)15-10-6-2-1-3-7-11-15/h4-5,8-9,16H,1-3,6-7,10-11H2. The van der Waals surface area contributed by atoms with E-state index in [1.165, 1.54) is 19.3 Å². The molecule has 3 heteroatoms. The van der Waals surface area contributed by atoms with Crippen LogP contribution < -0.4 is 0 Å². The lowest BCUT2D eigenvalue weighted by Gasteiger charge is -2.25. The van der Waals surface area contributed by atoms with Gasteiger partial charge >= 0.3 is 0 Å². The summed E-state index contributed by atoms with van der Waals surface area (Å²) in [7, 11) is 0. The second-order valence-electron chi connectivity index (χ2n) is 4.58. The predicted octanol–water partition coefficient (Wildman–Crippen LogP) is 2.80. The van der Waals surface area contributed by atoms with Gasteiger partial charge in [-0.15, -0.1) is 0 Å². The first-order chi connectivity index (χ1) is 8.29. The molecule has 0 aliphatic carbocycles. The minimum absolute atomic E-state index is 0.0370. The van der Waals surface area contributed by atoms with Crippen molar-refractivity contribution in [3.05, 3.63) is 29.8 Å². The summed E-state index contributed by atoms with van der Waals surface area (Å²) in [5, 5.41) is 9.69. The Bertz CT molecular complexity index is 382. The van der Waals surface area contributed by atoms with Crippen LogP contribution in [-0.2, 0) is 0 Å². The van der Waals surface area contributed by atoms with Crippen LogP contribution in [0.15, 0.2) is 24.3 Å². The fraction of sp³-hybridized carbons (Fsp3) is 0.500. The molecule has 0 saturated carbocycles. The summed E-state index contributed by atoms with van der Waals surface area (Å²) < 4.78 is 0. The Balaban J connectivity index is 2.10. The van der Waals surface area contributed by atoms with Crippen molar-refractivity contribution in [3.63, 3.8) is 0 Å². The van der Waals surface area contributed by atoms with Gasteiger partial charge in [0.25, 0.3) is 5.91 Å². The Morgan fingerprint density at radius 3 is 2.24 bits per heavy atom. The highest BCUT2D eigenvalue weighted by atomic mass is 16.3. The molecular weight excluding hydrogens is 214 g/mol. The van der Waals surface area contributed by atoms with Gasteiger partial charge in [0.2, 0.25) is 0 Å². The Hall–Kier alpha value is -1.51. The Kier molecular flexibility index (Phi) is 4.02. The number of para-hydroxylation sites is 1. The zero-order valence-corrected chi connectivity index (χ0v) is 10.1. The first-order valence-electron chi connectivity index (χ1n) is 6.36. The summed E-state index contributed by atoms with van der Waals surface area (Å²) in [5.74, 6) is 0.0459. The monoisotopic (exact) mass is 233 g/mol. The second kappa shape index (κ2) is 5.71. The molecule has 0 bridgehead atoms. The third-order valence-electron chi connectivity index (χ3n) is 3.28. The Morgan fingerprint density at radius 1 is 1.00 bits per heavy atom. The van der Waals surface area contributed by atoms with E-state index < -0.39 is 0 Å². The van der Waals surface area contributed by atoms with E-state index in [1.54, 1.807) is 24.3 Å². The predicted molar refractivity (Wildman–Crippen MR) is 67.1 cm³/mol. The number of nitrogens with zero attached hydrogens (tertiary/aromatic N) is 1. The van der Waals surface area contributed by atoms with Gasteiger partial charge in [-0.05, 0) is 25.0 Å². The molecule has 0 unspecified atom stereocenters. The van der Waals surface area contributed by atoms with Gasteiger partial charge in [-0.1, -0.05) is 31.4 Å². The van der Waals surface area contributed by atoms with Crippen LogP contribution in [0.4, 0.5) is 0 Å². The van der Waals surface area contributed by atoms with E-state index in [1.807, 2.05) is 4.90 Å². The summed E-state index contributed by atoms with van der Waals surface area (Å²) in [6, 6.07) is 6.78. The fourth-order valence-electron chi connectivity index (χ4n) is 2.28. The van der Waals surface area contributed by atoms with Crippen molar-refractivity contribution < 1.29 is 9.90 Å². The van der Waals surface area contributed by atoms with Gasteiger partial charge in [-0.25, -0.2) is 0 Å². The molecule has 3 nitrogen and oxygen atoms in total. The number of phenolic OH excluding ortho intramolecular Hbond substituents is 1. The normalized spacial score (nSPS) is 17.3. The number of amides is 1. The van der Waals surface area contributed by atoms with Crippen LogP contribution in [0.1, 0.15) is 42.5 Å². The Morgan fingerprint density at radius 2 is 1.59 bits per heavy atom. The minimum Gasteiger partial charge on any atom is -0.507 e. The Labute approximate surface area is 102 Å². The summed E-state index contributed by atoms with van der Waals surface area (Å²) in [6.45, 7) is 1.63. The molecule has 1 aliphatic rings. The highest BCUT2D eigenvalue weighted by molar-refractivity contribution is 5.96. The molecule has 1 fully saturated rings. The van der Waals surface area contributed by atoms with E-state index >= 15 is 0 Å². The van der Waals surface area contributed by atoms with Gasteiger partial charge in [0.05, 0.1) is 5.56 Å². The minimum atomic E-state index is -0.0370. The molecule has 0 aromatic heterocycles. The topological polar surface area (TPSA) is 40.5 Å². The molecule has 2 rings (SSSR count). The number of phenols is 1. The van der Waals surface area contributed by atoms with Crippen molar-refractivity contribution in [3.8, 4) is 5.75 Å². The number of carbonyl (C=O) groups excluding carboxylic acids is 1. The number of aromatic hydroxyl groups is 1. The average molecular weight is 233 g/mol. The zero-order valence-electron chi connectivity index (χ0n) is 10.1. The number of benzene rings is 1. The van der Waals surface area contributed by atoms with Crippen LogP contribution in [0.5, 0.6) is 5.75 Å². The molecule has 1 N–H and O–H groups in total. The molecule has 92 valence electrons. The molecule has 0 radical (unpaired) electrons. The van der Waals surface area contributed by atoms with Gasteiger partial charge in [0, 0.05) is 13.1 Å². The van der Waals surface area contributed by atoms with Crippen LogP contribution in [0.3, 0.4) is 0 Å². The largest absolute Gasteiger partial charge is 0.507 e. The number of likely N-dealkylation sites (tertiary alicyclic amines) is 1. The highest BCUT2D eigenvalue weighted by Crippen LogP contribution is 2.19. The van der Waals surface area contributed by atoms with E-state index in [-0.39, 0.29) is 11.7 Å². The maximum absolute atomic E-state index is 12.3. The molecule has 0 spiro atoms. The van der Waals surface area contributed by atoms with Crippen LogP contribution in [0, 0.1) is 0 Å². The second-order valence-corrected chi connectivity index (χ2v) is 4.58. The van der Waals surface area contributed by atoms with Crippen molar-refractivity contribution >= 4 is 5.91 Å². The maximum atomic E-state index is 12.3. The fourth-order valence-corrected chi connectivity index (χ4v) is 2.28. The molecule has 1 heterocycles. The van der Waals surface area contributed by atoms with E-state index in [0.29, 0.717) is 5.56 Å². The lowest BCUT2D eigenvalue weighted by atomic mass is 10.1. The molecule has 17 heavy (non-hydrogen) atoms. The zero-order chi connectivity index (χ0) is 12.1. The first-order valence-corrected chi connectivity index (χ1v) is 6.36. The van der Waals surface area contributed by atoms with Gasteiger partial charge in [-0.2, -0.15) is 0 Å². The summed E-state index contributed by atoms with van der Waals surface area (Å²) in [6.07, 6.45) is 5.81. The summed E-state index contributed by atoms with van der Waals surface area (Å²) in [5.41, 5.74) is 0.424. The summed E-state index contributed by atoms with van der Waals surface area (Å²) in [4.78, 5) is 14.1. The SMILES string of the molecule is O=C(c1ccccc1O)N1CCCCCCC1. The van der Waals surface area contributed by atoms with Gasteiger partial charge in [0.1, 0.15) is 5.75 Å². The van der Waals surface area contributed by atoms with E-state index in [0.717, 1.165) is 25.9 Å². The smallest absolute Gasteiger partial charge is 0.257 e. The van der Waals surface area contributed by atoms with Crippen molar-refractivity contribution in [2.75, 3.05) is 13.1 Å². The first kappa shape index (κ1) is 12.0. The van der Waals surface area contributed by atoms with E-state index in [4.69, 9.17) is 0 Å². The molecule has 1 aromatic rings. The molecule has 0 atom stereocenters. The number of rotatable bonds is 1. The average Bonchev–Trinajstić information content (AvgIpc) is 2.28. The van der Waals surface area contributed by atoms with Crippen LogP contribution >= 0.6 is 0 Å². The van der Waals surface area contributed by atoms with Crippen molar-refractivity contribution in [1.82, 2.24) is 4.90 Å². The van der Waals surface area contributed by atoms with Gasteiger partial charge in [-0.3, -0.25) is 4.79 Å². The third-order valence-corrected chi connectivity index (χ3v) is 3.28. The van der Waals surface area contributed by atoms with Crippen molar-refractivity contribution in [2.24, 2.45) is 0 Å². The van der Waals surface area contributed by atoms with E-state index in [9.17, 15) is 9.90 Å². The quantitative estimate of drug-likeness (QED) is 0.810. The molecule has 1 amide bonds. The van der Waals surface area contributed by atoms with Crippen LogP contribution in [-0.4, -0.2) is 29.0 Å². The van der Waals surface area contributed by atoms with Crippen molar-refractivity contribution in [1.29, 1.82) is 0 Å². The maximum Gasteiger partial charge on any atom is 0.257 e. The third kappa shape index (κ3) is 2.99. The van der Waals surface area contributed by atoms with E-state index in [2.05, 4.69) is 0 Å². The number of hydrogen-bond acceptors (Lipinski definition) is 2. The molecule has 1 saturated heterocycles. The van der Waals surface area contributed by atoms with Crippen molar-refractivity contribution in [2.45, 2.75) is 32.1 Å². The molecule has 1 aliphatic heterocycles. The molecule has 1 aromatic carbocycles. The summed E-state index contributed by atoms with van der Waals surface area (Å²) >= 11 is 0. The lowest BCUT2D eigenvalue weighted by molar-refractivity contribution is 0.0739. The molecular formula is C14H19NO2. The van der Waals surface area contributed by atoms with Crippen LogP contribution in [0.2, 0.25) is 0 Å². The number of hydrogen-bond donors (Lipinski definition) is 1. The highest BCUT2D eigenvalue weighted by Gasteiger charge is 2.18. The van der Waals surface area contributed by atoms with Gasteiger partial charge in [0.15, 0.2) is 0 Å². The lowest BCUT2D eigenvalue weighted by Crippen LogP contribution is -2.33. The van der Waals surface area contributed by atoms with Crippen LogP contribution in [0.25, 0.3) is 0 Å². The van der Waals surface area contributed by atoms with Gasteiger partial charge < -0.3 is 10.0 Å². The number of carbonyl (C=O) groups is 1.